The molecule has 0 aliphatic carbocycles. The molecule has 3 heteroatoms. The van der Waals surface area contributed by atoms with Crippen LogP contribution in [0.3, 0.4) is 0 Å². The third-order valence-electron chi connectivity index (χ3n) is 3.02. The van der Waals surface area contributed by atoms with Crippen molar-refractivity contribution in [1.82, 2.24) is 9.80 Å². The maximum absolute atomic E-state index is 4.80. The van der Waals surface area contributed by atoms with Gasteiger partial charge in [-0.3, -0.25) is 0 Å². The second kappa shape index (κ2) is 8.08. The van der Waals surface area contributed by atoms with E-state index in [9.17, 15) is 0 Å². The summed E-state index contributed by atoms with van der Waals surface area (Å²) in [6, 6.07) is 0. The Hall–Kier alpha value is -0.120. The molecule has 1 aliphatic rings. The number of nitrogens with zero attached hydrogens (tertiary/aromatic N) is 2. The molecule has 1 rings (SSSR count). The molecule has 1 saturated heterocycles. The van der Waals surface area contributed by atoms with Crippen molar-refractivity contribution in [3.63, 3.8) is 0 Å². The van der Waals surface area contributed by atoms with Crippen LogP contribution in [-0.4, -0.2) is 55.7 Å². The predicted octanol–water partition coefficient (Wildman–Crippen LogP) is 1.60. The minimum atomic E-state index is 0.801. The first-order valence-electron chi connectivity index (χ1n) is 6.18. The number of rotatable bonds is 7. The lowest BCUT2D eigenvalue weighted by atomic mass is 10.2. The van der Waals surface area contributed by atoms with Crippen LogP contribution in [0.2, 0.25) is 0 Å². The first-order chi connectivity index (χ1) is 7.36. The van der Waals surface area contributed by atoms with Gasteiger partial charge in [-0.25, -0.2) is 0 Å². The lowest BCUT2D eigenvalue weighted by Gasteiger charge is -2.34. The largest absolute Gasteiger partial charge is 0.379 e. The molecule has 1 aliphatic heterocycles. The molecule has 0 amide bonds. The van der Waals surface area contributed by atoms with E-state index in [1.807, 2.05) is 0 Å². The molecular formula is C12H25N2O. The second-order valence-electron chi connectivity index (χ2n) is 4.30. The van der Waals surface area contributed by atoms with Crippen LogP contribution in [0.4, 0.5) is 0 Å². The molecule has 0 saturated carbocycles. The summed E-state index contributed by atoms with van der Waals surface area (Å²) in [7, 11) is 3.38. The van der Waals surface area contributed by atoms with Crippen LogP contribution in [-0.2, 0) is 4.74 Å². The summed E-state index contributed by atoms with van der Waals surface area (Å²) in [5, 5.41) is 0. The van der Waals surface area contributed by atoms with E-state index >= 15 is 0 Å². The number of unbranched alkanes of at least 4 members (excludes halogenated alkanes) is 1. The van der Waals surface area contributed by atoms with E-state index in [1.54, 1.807) is 0 Å². The number of ether oxygens (including phenoxy) is 1. The molecule has 0 N–H and O–H groups in total. The van der Waals surface area contributed by atoms with Gasteiger partial charge in [-0.2, -0.15) is 0 Å². The molecule has 0 aromatic heterocycles. The molecule has 0 aromatic rings. The van der Waals surface area contributed by atoms with E-state index in [0.717, 1.165) is 13.0 Å². The molecule has 1 heterocycles. The zero-order valence-electron chi connectivity index (χ0n) is 10.1. The van der Waals surface area contributed by atoms with E-state index in [2.05, 4.69) is 23.8 Å². The topological polar surface area (TPSA) is 15.7 Å². The van der Waals surface area contributed by atoms with E-state index in [0.29, 0.717) is 0 Å². The van der Waals surface area contributed by atoms with Gasteiger partial charge in [-0.05, 0) is 32.4 Å². The molecule has 0 unspecified atom stereocenters. The third-order valence-corrected chi connectivity index (χ3v) is 3.02. The van der Waals surface area contributed by atoms with Gasteiger partial charge in [0.05, 0.1) is 7.11 Å². The Morgan fingerprint density at radius 3 is 2.13 bits per heavy atom. The van der Waals surface area contributed by atoms with Gasteiger partial charge in [0.2, 0.25) is 0 Å². The quantitative estimate of drug-likeness (QED) is 0.597. The zero-order valence-corrected chi connectivity index (χ0v) is 10.1. The maximum Gasteiger partial charge on any atom is 0.0700 e. The highest BCUT2D eigenvalue weighted by Gasteiger charge is 2.14. The second-order valence-corrected chi connectivity index (χ2v) is 4.30. The van der Waals surface area contributed by atoms with Gasteiger partial charge in [-0.15, -0.1) is 0 Å². The molecule has 0 atom stereocenters. The van der Waals surface area contributed by atoms with Crippen molar-refractivity contribution in [1.29, 1.82) is 0 Å². The van der Waals surface area contributed by atoms with Gasteiger partial charge in [0.1, 0.15) is 0 Å². The fourth-order valence-corrected chi connectivity index (χ4v) is 2.09. The molecule has 0 spiro atoms. The van der Waals surface area contributed by atoms with Crippen LogP contribution in [0, 0.1) is 7.11 Å². The van der Waals surface area contributed by atoms with Crippen LogP contribution >= 0.6 is 0 Å². The van der Waals surface area contributed by atoms with Gasteiger partial charge >= 0.3 is 0 Å². The van der Waals surface area contributed by atoms with Gasteiger partial charge in [-0.1, -0.05) is 6.92 Å². The molecule has 3 nitrogen and oxygen atoms in total. The molecule has 0 bridgehead atoms. The summed E-state index contributed by atoms with van der Waals surface area (Å²) < 4.78 is 4.80. The van der Waals surface area contributed by atoms with Crippen LogP contribution in [0.1, 0.15) is 26.2 Å². The normalized spacial score (nSPS) is 19.6. The number of piperazine rings is 1. The standard InChI is InChI=1S/C12H25N2O/c1-3-6-13-8-10-14(11-9-13)7-4-5-12-15-2/h2-12H2,1H3. The Kier molecular flexibility index (Phi) is 6.98. The molecule has 1 fully saturated rings. The summed E-state index contributed by atoms with van der Waals surface area (Å²) in [5.41, 5.74) is 0. The lowest BCUT2D eigenvalue weighted by molar-refractivity contribution is 0.128. The Balaban J connectivity index is 1.99. The van der Waals surface area contributed by atoms with Gasteiger partial charge < -0.3 is 14.5 Å². The fourth-order valence-electron chi connectivity index (χ4n) is 2.09. The number of hydrogen-bond acceptors (Lipinski definition) is 3. The summed E-state index contributed by atoms with van der Waals surface area (Å²) in [6.45, 7) is 10.5. The smallest absolute Gasteiger partial charge is 0.0700 e. The van der Waals surface area contributed by atoms with Crippen molar-refractivity contribution < 1.29 is 4.74 Å². The van der Waals surface area contributed by atoms with Crippen LogP contribution in [0.5, 0.6) is 0 Å². The number of hydrogen-bond donors (Lipinski definition) is 0. The highest BCUT2D eigenvalue weighted by atomic mass is 16.5. The predicted molar refractivity (Wildman–Crippen MR) is 63.7 cm³/mol. The van der Waals surface area contributed by atoms with Crippen molar-refractivity contribution in [2.75, 3.05) is 45.9 Å². The minimum Gasteiger partial charge on any atom is -0.379 e. The third kappa shape index (κ3) is 5.50. The Morgan fingerprint density at radius 1 is 1.00 bits per heavy atom. The van der Waals surface area contributed by atoms with Crippen molar-refractivity contribution in [2.45, 2.75) is 26.2 Å². The Morgan fingerprint density at radius 2 is 1.60 bits per heavy atom. The molecule has 15 heavy (non-hydrogen) atoms. The lowest BCUT2D eigenvalue weighted by Crippen LogP contribution is -2.46. The maximum atomic E-state index is 4.80. The van der Waals surface area contributed by atoms with E-state index < -0.39 is 0 Å². The highest BCUT2D eigenvalue weighted by Crippen LogP contribution is 2.04. The average molecular weight is 213 g/mol. The van der Waals surface area contributed by atoms with Crippen molar-refractivity contribution in [3.8, 4) is 0 Å². The summed E-state index contributed by atoms with van der Waals surface area (Å²) in [6.07, 6.45) is 3.66. The van der Waals surface area contributed by atoms with Crippen LogP contribution in [0.15, 0.2) is 0 Å². The van der Waals surface area contributed by atoms with E-state index in [4.69, 9.17) is 4.74 Å². The van der Waals surface area contributed by atoms with Crippen LogP contribution in [0.25, 0.3) is 0 Å². The van der Waals surface area contributed by atoms with Crippen molar-refractivity contribution in [2.24, 2.45) is 0 Å². The fraction of sp³-hybridized carbons (Fsp3) is 0.917. The average Bonchev–Trinajstić information content (AvgIpc) is 2.27. The summed E-state index contributed by atoms with van der Waals surface area (Å²) in [5.74, 6) is 0. The monoisotopic (exact) mass is 213 g/mol. The Bertz CT molecular complexity index is 142. The van der Waals surface area contributed by atoms with E-state index in [-0.39, 0.29) is 0 Å². The van der Waals surface area contributed by atoms with Crippen molar-refractivity contribution in [3.05, 3.63) is 7.11 Å². The molecule has 0 aromatic carbocycles. The summed E-state index contributed by atoms with van der Waals surface area (Å²) in [4.78, 5) is 5.13. The SMILES string of the molecule is [CH2]OCCCCN1CCN(CCC)CC1. The van der Waals surface area contributed by atoms with Crippen LogP contribution < -0.4 is 0 Å². The molecular weight excluding hydrogens is 188 g/mol. The van der Waals surface area contributed by atoms with Crippen molar-refractivity contribution >= 4 is 0 Å². The van der Waals surface area contributed by atoms with Gasteiger partial charge in [0, 0.05) is 32.8 Å². The first-order valence-corrected chi connectivity index (χ1v) is 6.18. The minimum absolute atomic E-state index is 0.801. The summed E-state index contributed by atoms with van der Waals surface area (Å²) >= 11 is 0. The molecule has 1 radical (unpaired) electrons. The van der Waals surface area contributed by atoms with E-state index in [1.165, 1.54) is 52.1 Å². The zero-order chi connectivity index (χ0) is 10.9. The molecule has 89 valence electrons. The highest BCUT2D eigenvalue weighted by molar-refractivity contribution is 4.71. The van der Waals surface area contributed by atoms with Gasteiger partial charge in [0.25, 0.3) is 0 Å². The Labute approximate surface area is 94.4 Å². The van der Waals surface area contributed by atoms with Gasteiger partial charge in [0.15, 0.2) is 0 Å². The first kappa shape index (κ1) is 12.9.